The molecule has 3 aromatic heterocycles. The van der Waals surface area contributed by atoms with E-state index in [0.29, 0.717) is 41.2 Å². The lowest BCUT2D eigenvalue weighted by atomic mass is 9.97. The van der Waals surface area contributed by atoms with E-state index in [1.54, 1.807) is 24.7 Å². The van der Waals surface area contributed by atoms with E-state index < -0.39 is 0 Å². The van der Waals surface area contributed by atoms with Crippen molar-refractivity contribution in [2.75, 3.05) is 58.7 Å². The van der Waals surface area contributed by atoms with Crippen LogP contribution in [0.5, 0.6) is 5.75 Å². The van der Waals surface area contributed by atoms with Crippen LogP contribution in [0.4, 0.5) is 5.82 Å². The molecule has 49 heavy (non-hydrogen) atoms. The zero-order chi connectivity index (χ0) is 33.5. The first kappa shape index (κ1) is 30.7. The van der Waals surface area contributed by atoms with Crippen LogP contribution < -0.4 is 15.9 Å². The van der Waals surface area contributed by atoms with Crippen molar-refractivity contribution >= 4 is 40.0 Å². The van der Waals surface area contributed by atoms with Crippen LogP contribution >= 0.6 is 0 Å². The number of anilines is 1. The molecule has 2 aromatic carbocycles. The molecule has 0 fully saturated rings. The molecule has 5 aromatic rings. The third-order valence-electron chi connectivity index (χ3n) is 9.50. The molecule has 0 atom stereocenters. The lowest BCUT2D eigenvalue weighted by molar-refractivity contribution is 0.104. The van der Waals surface area contributed by atoms with Gasteiger partial charge < -0.3 is 20.2 Å². The Kier molecular flexibility index (Phi) is 8.03. The fourth-order valence-corrected chi connectivity index (χ4v) is 7.02. The predicted octanol–water partition coefficient (Wildman–Crippen LogP) is 3.94. The highest BCUT2D eigenvalue weighted by atomic mass is 16.3. The maximum Gasteiger partial charge on any atom is 0.199 e. The largest absolute Gasteiger partial charge is 0.506 e. The van der Waals surface area contributed by atoms with Crippen LogP contribution in [0.15, 0.2) is 94.9 Å². The topological polar surface area (TPSA) is 119 Å². The minimum absolute atomic E-state index is 0.0264. The minimum Gasteiger partial charge on any atom is -0.506 e. The smallest absolute Gasteiger partial charge is 0.199 e. The molecular weight excluding hydrogens is 612 g/mol. The molecule has 10 nitrogen and oxygen atoms in total. The number of pyridine rings is 3. The number of para-hydroxylation sites is 2. The van der Waals surface area contributed by atoms with Crippen LogP contribution in [0.25, 0.3) is 33.7 Å². The molecule has 0 spiro atoms. The number of nitrogens with zero attached hydrogens (tertiary/aromatic N) is 7. The Morgan fingerprint density at radius 3 is 2.51 bits per heavy atom. The summed E-state index contributed by atoms with van der Waals surface area (Å²) in [4.78, 5) is 41.0. The first-order chi connectivity index (χ1) is 24.0. The van der Waals surface area contributed by atoms with Crippen LogP contribution in [0.2, 0.25) is 0 Å². The average Bonchev–Trinajstić information content (AvgIpc) is 3.65. The van der Waals surface area contributed by atoms with E-state index in [1.807, 2.05) is 54.7 Å². The van der Waals surface area contributed by atoms with Crippen molar-refractivity contribution in [3.63, 3.8) is 0 Å². The van der Waals surface area contributed by atoms with Crippen molar-refractivity contribution in [3.05, 3.63) is 118 Å². The van der Waals surface area contributed by atoms with E-state index in [-0.39, 0.29) is 11.5 Å². The van der Waals surface area contributed by atoms with Crippen molar-refractivity contribution < 1.29 is 9.90 Å². The van der Waals surface area contributed by atoms with Crippen LogP contribution in [0.1, 0.15) is 33.5 Å². The molecule has 1 aliphatic heterocycles. The van der Waals surface area contributed by atoms with Crippen LogP contribution in [0.3, 0.4) is 0 Å². The Balaban J connectivity index is 0.858. The number of hydrogen-bond donors (Lipinski definition) is 2. The van der Waals surface area contributed by atoms with Gasteiger partial charge in [0, 0.05) is 82.9 Å². The number of hydrogen-bond acceptors (Lipinski definition) is 9. The third-order valence-corrected chi connectivity index (χ3v) is 9.50. The molecule has 0 radical (unpaired) electrons. The van der Waals surface area contributed by atoms with Gasteiger partial charge in [-0.3, -0.25) is 19.8 Å². The van der Waals surface area contributed by atoms with Crippen molar-refractivity contribution in [1.29, 1.82) is 0 Å². The van der Waals surface area contributed by atoms with Crippen molar-refractivity contribution in [1.82, 2.24) is 24.8 Å². The number of fused-ring (bicyclic) bond motifs is 9. The zero-order valence-electron chi connectivity index (χ0n) is 27.5. The number of rotatable bonds is 11. The Hall–Kier alpha value is -5.58. The highest BCUT2D eigenvalue weighted by Crippen LogP contribution is 2.43. The van der Waals surface area contributed by atoms with Gasteiger partial charge in [-0.1, -0.05) is 30.3 Å². The summed E-state index contributed by atoms with van der Waals surface area (Å²) in [5, 5.41) is 16.5. The van der Waals surface area contributed by atoms with Gasteiger partial charge in [-0.25, -0.2) is 9.98 Å². The van der Waals surface area contributed by atoms with Crippen LogP contribution in [-0.2, 0) is 0 Å². The van der Waals surface area contributed by atoms with Gasteiger partial charge in [0.1, 0.15) is 16.9 Å². The first-order valence-corrected chi connectivity index (χ1v) is 16.6. The van der Waals surface area contributed by atoms with E-state index >= 15 is 0 Å². The molecule has 0 saturated heterocycles. The van der Waals surface area contributed by atoms with E-state index in [4.69, 9.17) is 15.0 Å². The number of benzene rings is 2. The summed E-state index contributed by atoms with van der Waals surface area (Å²) in [5.74, 6) is 1.41. The molecule has 0 amide bonds. The van der Waals surface area contributed by atoms with Gasteiger partial charge in [-0.15, -0.1) is 0 Å². The lowest BCUT2D eigenvalue weighted by Crippen LogP contribution is -2.34. The monoisotopic (exact) mass is 648 g/mol. The summed E-state index contributed by atoms with van der Waals surface area (Å²) >= 11 is 0. The summed E-state index contributed by atoms with van der Waals surface area (Å²) in [6.07, 6.45) is 10.1. The Morgan fingerprint density at radius 2 is 1.63 bits per heavy atom. The Bertz CT molecular complexity index is 2330. The lowest BCUT2D eigenvalue weighted by Gasteiger charge is -2.21. The third kappa shape index (κ3) is 5.58. The van der Waals surface area contributed by atoms with Gasteiger partial charge in [0.2, 0.25) is 0 Å². The first-order valence-electron chi connectivity index (χ1n) is 16.6. The quantitative estimate of drug-likeness (QED) is 0.217. The second-order valence-corrected chi connectivity index (χ2v) is 12.8. The van der Waals surface area contributed by atoms with Crippen molar-refractivity contribution in [2.45, 2.75) is 6.42 Å². The number of ketones is 1. The standard InChI is InChI=1S/C39H36N8O2/c1-46(19-15-42-38-29-21-24-22-40-13-11-25(24)33(29)28-8-5-10-32(48)36(28)45-38)17-6-18-47(2)20-16-43-39-35-34(27-7-3-4-9-31(27)44-39)26-12-14-41-23-30(26)37(35)49/h3-5,7-14,21-23,48H,6,15-20H2,1-2H3,(H,43,44). The number of carbonyl (C=O) groups excluding carboxylic acids is 1. The number of aliphatic imine (C=N–C) groups is 1. The highest BCUT2D eigenvalue weighted by molar-refractivity contribution is 6.27. The van der Waals surface area contributed by atoms with Crippen molar-refractivity contribution in [3.8, 4) is 16.9 Å². The summed E-state index contributed by atoms with van der Waals surface area (Å²) in [6.45, 7) is 4.73. The number of phenols is 1. The molecule has 8 rings (SSSR count). The molecule has 10 heteroatoms. The van der Waals surface area contributed by atoms with Gasteiger partial charge in [0.15, 0.2) is 11.6 Å². The molecule has 2 aliphatic carbocycles. The van der Waals surface area contributed by atoms with Gasteiger partial charge >= 0.3 is 0 Å². The fourth-order valence-electron chi connectivity index (χ4n) is 7.02. The Morgan fingerprint density at radius 1 is 0.837 bits per heavy atom. The van der Waals surface area contributed by atoms with Crippen LogP contribution in [0, 0.1) is 0 Å². The highest BCUT2D eigenvalue weighted by Gasteiger charge is 2.32. The predicted molar refractivity (Wildman–Crippen MR) is 192 cm³/mol. The van der Waals surface area contributed by atoms with E-state index in [2.05, 4.69) is 45.3 Å². The van der Waals surface area contributed by atoms with Gasteiger partial charge in [-0.05, 0) is 75.1 Å². The maximum absolute atomic E-state index is 13.4. The molecule has 3 aliphatic rings. The molecule has 0 bridgehead atoms. The van der Waals surface area contributed by atoms with Crippen molar-refractivity contribution in [2.24, 2.45) is 9.98 Å². The maximum atomic E-state index is 13.4. The molecule has 0 saturated carbocycles. The molecule has 244 valence electrons. The van der Waals surface area contributed by atoms with Crippen LogP contribution in [-0.4, -0.2) is 94.8 Å². The molecule has 2 N–H and O–H groups in total. The number of likely N-dealkylation sites (N-methyl/N-ethyl adjacent to an activating group) is 2. The zero-order valence-corrected chi connectivity index (χ0v) is 27.5. The SMILES string of the molecule is CN(CCCN(C)CCNc1nc2ccccc2c2c1C(=O)c1cnccc1-2)CCN=C1N=c2c(O)cccc2=C2C1=Cc1cnccc12. The molecular formula is C39H36N8O2. The normalized spacial score (nSPS) is 14.9. The second kappa shape index (κ2) is 12.8. The number of carbonyl (C=O) groups is 1. The van der Waals surface area contributed by atoms with Gasteiger partial charge in [-0.2, -0.15) is 0 Å². The molecule has 4 heterocycles. The number of aromatic hydroxyl groups is 1. The van der Waals surface area contributed by atoms with E-state index in [9.17, 15) is 9.90 Å². The van der Waals surface area contributed by atoms with Gasteiger partial charge in [0.05, 0.1) is 17.6 Å². The summed E-state index contributed by atoms with van der Waals surface area (Å²) in [7, 11) is 4.23. The molecule has 0 unspecified atom stereocenters. The summed E-state index contributed by atoms with van der Waals surface area (Å²) < 4.78 is 0. The number of nitrogens with one attached hydrogen (secondary N) is 1. The van der Waals surface area contributed by atoms with Gasteiger partial charge in [0.25, 0.3) is 0 Å². The summed E-state index contributed by atoms with van der Waals surface area (Å²) in [6, 6.07) is 17.4. The average molecular weight is 649 g/mol. The number of amidine groups is 1. The van der Waals surface area contributed by atoms with E-state index in [1.165, 1.54) is 0 Å². The van der Waals surface area contributed by atoms with E-state index in [0.717, 1.165) is 82.1 Å². The Labute approximate surface area is 283 Å². The minimum atomic E-state index is -0.0264. The fraction of sp³-hybridized carbons (Fsp3) is 0.231. The summed E-state index contributed by atoms with van der Waals surface area (Å²) in [5.41, 5.74) is 8.15. The number of phenolic OH excluding ortho intramolecular Hbond substituents is 1. The second-order valence-electron chi connectivity index (χ2n) is 12.8. The number of aromatic nitrogens is 3.